The van der Waals surface area contributed by atoms with Gasteiger partial charge in [-0.05, 0) is 52.0 Å². The summed E-state index contributed by atoms with van der Waals surface area (Å²) in [4.78, 5) is 2.68. The van der Waals surface area contributed by atoms with Gasteiger partial charge in [0.25, 0.3) is 0 Å². The molecule has 0 aliphatic carbocycles. The van der Waals surface area contributed by atoms with Crippen LogP contribution in [-0.2, 0) is 0 Å². The third-order valence-electron chi connectivity index (χ3n) is 3.84. The summed E-state index contributed by atoms with van der Waals surface area (Å²) in [7, 11) is 0. The zero-order chi connectivity index (χ0) is 12.0. The molecule has 0 saturated carbocycles. The van der Waals surface area contributed by atoms with Crippen molar-refractivity contribution in [3.63, 3.8) is 0 Å². The van der Waals surface area contributed by atoms with E-state index in [4.69, 9.17) is 5.73 Å². The predicted octanol–water partition coefficient (Wildman–Crippen LogP) is 3.01. The van der Waals surface area contributed by atoms with Gasteiger partial charge in [-0.3, -0.25) is 0 Å². The van der Waals surface area contributed by atoms with Gasteiger partial charge in [0.2, 0.25) is 0 Å². The molecule has 0 amide bonds. The van der Waals surface area contributed by atoms with Crippen LogP contribution in [0.5, 0.6) is 0 Å². The van der Waals surface area contributed by atoms with Crippen LogP contribution >= 0.6 is 0 Å². The van der Waals surface area contributed by atoms with Gasteiger partial charge in [-0.15, -0.1) is 0 Å². The van der Waals surface area contributed by atoms with E-state index in [1.807, 2.05) is 0 Å². The summed E-state index contributed by atoms with van der Waals surface area (Å²) in [5, 5.41) is 0. The normalized spacial score (nSPS) is 26.6. The quantitative estimate of drug-likeness (QED) is 0.754. The molecule has 1 heterocycles. The van der Waals surface area contributed by atoms with Gasteiger partial charge < -0.3 is 10.6 Å². The molecule has 0 radical (unpaired) electrons. The Balaban J connectivity index is 2.14. The lowest BCUT2D eigenvalue weighted by atomic mass is 9.98. The molecule has 16 heavy (non-hydrogen) atoms. The Kier molecular flexibility index (Phi) is 6.37. The Morgan fingerprint density at radius 3 is 2.62 bits per heavy atom. The van der Waals surface area contributed by atoms with E-state index in [0.29, 0.717) is 6.04 Å². The lowest BCUT2D eigenvalue weighted by molar-refractivity contribution is 0.136. The van der Waals surface area contributed by atoms with Gasteiger partial charge in [0, 0.05) is 18.6 Å². The van der Waals surface area contributed by atoms with Gasteiger partial charge in [0.15, 0.2) is 0 Å². The molecule has 0 aromatic heterocycles. The van der Waals surface area contributed by atoms with E-state index in [1.165, 1.54) is 51.6 Å². The summed E-state index contributed by atoms with van der Waals surface area (Å²) in [6, 6.07) is 1.19. The first-order valence-electron chi connectivity index (χ1n) is 7.09. The van der Waals surface area contributed by atoms with Crippen molar-refractivity contribution < 1.29 is 0 Å². The fourth-order valence-electron chi connectivity index (χ4n) is 2.71. The summed E-state index contributed by atoms with van der Waals surface area (Å²) in [6.07, 6.45) is 8.03. The van der Waals surface area contributed by atoms with Crippen LogP contribution in [0.3, 0.4) is 0 Å². The monoisotopic (exact) mass is 226 g/mol. The van der Waals surface area contributed by atoms with Crippen molar-refractivity contribution in [3.8, 4) is 0 Å². The van der Waals surface area contributed by atoms with Crippen LogP contribution in [0.4, 0.5) is 0 Å². The molecule has 0 aromatic rings. The van der Waals surface area contributed by atoms with Gasteiger partial charge in [0.1, 0.15) is 0 Å². The maximum absolute atomic E-state index is 5.77. The molecule has 1 rings (SSSR count). The number of hydrogen-bond acceptors (Lipinski definition) is 2. The number of nitrogens with two attached hydrogens (primary N) is 1. The van der Waals surface area contributed by atoms with E-state index in [0.717, 1.165) is 12.0 Å². The number of nitrogens with zero attached hydrogens (tertiary/aromatic N) is 1. The molecule has 0 bridgehead atoms. The van der Waals surface area contributed by atoms with Crippen molar-refractivity contribution in [2.75, 3.05) is 13.1 Å². The third kappa shape index (κ3) is 5.31. The van der Waals surface area contributed by atoms with E-state index < -0.39 is 0 Å². The van der Waals surface area contributed by atoms with Crippen LogP contribution in [0.1, 0.15) is 59.3 Å². The lowest BCUT2D eigenvalue weighted by Crippen LogP contribution is -2.40. The molecule has 1 fully saturated rings. The van der Waals surface area contributed by atoms with Crippen LogP contribution in [0, 0.1) is 5.92 Å². The molecule has 1 aliphatic rings. The minimum atomic E-state index is 0.376. The topological polar surface area (TPSA) is 29.3 Å². The second kappa shape index (κ2) is 7.29. The van der Waals surface area contributed by atoms with Gasteiger partial charge >= 0.3 is 0 Å². The Labute approximate surface area is 102 Å². The smallest absolute Gasteiger partial charge is 0.00670 e. The molecule has 1 saturated heterocycles. The average Bonchev–Trinajstić information content (AvgIpc) is 2.21. The van der Waals surface area contributed by atoms with Crippen molar-refractivity contribution in [1.29, 1.82) is 0 Å². The van der Waals surface area contributed by atoms with E-state index in [9.17, 15) is 0 Å². The van der Waals surface area contributed by atoms with Crippen molar-refractivity contribution in [2.45, 2.75) is 71.4 Å². The fourth-order valence-corrected chi connectivity index (χ4v) is 2.71. The maximum Gasteiger partial charge on any atom is 0.00670 e. The molecular weight excluding hydrogens is 196 g/mol. The van der Waals surface area contributed by atoms with Crippen LogP contribution in [0.15, 0.2) is 0 Å². The van der Waals surface area contributed by atoms with Crippen molar-refractivity contribution in [3.05, 3.63) is 0 Å². The van der Waals surface area contributed by atoms with Crippen molar-refractivity contribution in [2.24, 2.45) is 11.7 Å². The highest BCUT2D eigenvalue weighted by atomic mass is 15.2. The van der Waals surface area contributed by atoms with E-state index in [2.05, 4.69) is 25.7 Å². The third-order valence-corrected chi connectivity index (χ3v) is 3.84. The Morgan fingerprint density at radius 1 is 1.25 bits per heavy atom. The molecule has 2 nitrogen and oxygen atoms in total. The second-order valence-corrected chi connectivity index (χ2v) is 5.85. The summed E-state index contributed by atoms with van der Waals surface area (Å²) in [6.45, 7) is 9.49. The summed E-state index contributed by atoms with van der Waals surface area (Å²) < 4.78 is 0. The molecule has 3 atom stereocenters. The van der Waals surface area contributed by atoms with E-state index in [1.54, 1.807) is 0 Å². The first-order valence-corrected chi connectivity index (χ1v) is 7.09. The minimum Gasteiger partial charge on any atom is -0.328 e. The Morgan fingerprint density at radius 2 is 2.00 bits per heavy atom. The standard InChI is InChI=1S/C14H30N2/c1-12(7-6-8-13(2)15)11-16-10-5-4-9-14(16)3/h12-14H,4-11,15H2,1-3H3. The van der Waals surface area contributed by atoms with Gasteiger partial charge in [-0.25, -0.2) is 0 Å². The van der Waals surface area contributed by atoms with Crippen LogP contribution < -0.4 is 5.73 Å². The molecule has 2 heteroatoms. The second-order valence-electron chi connectivity index (χ2n) is 5.85. The highest BCUT2D eigenvalue weighted by Crippen LogP contribution is 2.19. The molecular formula is C14H30N2. The Bertz CT molecular complexity index is 180. The number of piperidine rings is 1. The zero-order valence-electron chi connectivity index (χ0n) is 11.4. The van der Waals surface area contributed by atoms with E-state index in [-0.39, 0.29) is 0 Å². The highest BCUT2D eigenvalue weighted by Gasteiger charge is 2.19. The molecule has 0 aromatic carbocycles. The first-order chi connectivity index (χ1) is 7.59. The van der Waals surface area contributed by atoms with Gasteiger partial charge in [-0.1, -0.05) is 19.8 Å². The number of likely N-dealkylation sites (tertiary alicyclic amines) is 1. The van der Waals surface area contributed by atoms with Gasteiger partial charge in [-0.2, -0.15) is 0 Å². The summed E-state index contributed by atoms with van der Waals surface area (Å²) >= 11 is 0. The summed E-state index contributed by atoms with van der Waals surface area (Å²) in [5.41, 5.74) is 5.77. The number of hydrogen-bond donors (Lipinski definition) is 1. The van der Waals surface area contributed by atoms with Crippen LogP contribution in [0.25, 0.3) is 0 Å². The lowest BCUT2D eigenvalue weighted by Gasteiger charge is -2.35. The zero-order valence-corrected chi connectivity index (χ0v) is 11.4. The highest BCUT2D eigenvalue weighted by molar-refractivity contribution is 4.74. The van der Waals surface area contributed by atoms with Gasteiger partial charge in [0.05, 0.1) is 0 Å². The van der Waals surface area contributed by atoms with Crippen LogP contribution in [0.2, 0.25) is 0 Å². The van der Waals surface area contributed by atoms with E-state index >= 15 is 0 Å². The first kappa shape index (κ1) is 14.0. The van der Waals surface area contributed by atoms with Crippen molar-refractivity contribution in [1.82, 2.24) is 4.90 Å². The number of rotatable bonds is 6. The fraction of sp³-hybridized carbons (Fsp3) is 1.00. The molecule has 1 aliphatic heterocycles. The molecule has 3 unspecified atom stereocenters. The molecule has 0 spiro atoms. The SMILES string of the molecule is CC(N)CCCC(C)CN1CCCCC1C. The largest absolute Gasteiger partial charge is 0.328 e. The Hall–Kier alpha value is -0.0800. The predicted molar refractivity (Wildman–Crippen MR) is 71.6 cm³/mol. The van der Waals surface area contributed by atoms with Crippen molar-refractivity contribution >= 4 is 0 Å². The summed E-state index contributed by atoms with van der Waals surface area (Å²) in [5.74, 6) is 0.833. The minimum absolute atomic E-state index is 0.376. The molecule has 96 valence electrons. The maximum atomic E-state index is 5.77. The average molecular weight is 226 g/mol. The molecule has 2 N–H and O–H groups in total. The van der Waals surface area contributed by atoms with Crippen LogP contribution in [-0.4, -0.2) is 30.1 Å².